The van der Waals surface area contributed by atoms with Gasteiger partial charge in [-0.3, -0.25) is 4.79 Å². The molecule has 6 nitrogen and oxygen atoms in total. The van der Waals surface area contributed by atoms with Gasteiger partial charge in [0.2, 0.25) is 0 Å². The van der Waals surface area contributed by atoms with Crippen LogP contribution in [0.1, 0.15) is 35.9 Å². The topological polar surface area (TPSA) is 64.6 Å². The molecule has 138 valence electrons. The van der Waals surface area contributed by atoms with Crippen molar-refractivity contribution in [2.24, 2.45) is 0 Å². The fraction of sp³-hybridized carbons (Fsp3) is 0.450. The van der Waals surface area contributed by atoms with Crippen LogP contribution in [-0.4, -0.2) is 53.2 Å². The van der Waals surface area contributed by atoms with Gasteiger partial charge in [0.1, 0.15) is 18.2 Å². The second-order valence-electron chi connectivity index (χ2n) is 6.29. The third-order valence-corrected chi connectivity index (χ3v) is 4.38. The molecule has 0 radical (unpaired) electrons. The zero-order valence-corrected chi connectivity index (χ0v) is 15.1. The van der Waals surface area contributed by atoms with Gasteiger partial charge in [0.25, 0.3) is 5.91 Å². The Kier molecular flexibility index (Phi) is 6.55. The number of aromatic nitrogens is 2. The predicted molar refractivity (Wildman–Crippen MR) is 98.2 cm³/mol. The lowest BCUT2D eigenvalue weighted by atomic mass is 10.2. The lowest BCUT2D eigenvalue weighted by molar-refractivity contribution is 0.0493. The molecule has 6 heteroatoms. The Hall–Kier alpha value is -2.47. The zero-order valence-electron chi connectivity index (χ0n) is 15.1. The SMILES string of the molecule is CCc1ncc(C(=O)N(CCOc2ccccc2)C[C@H]2CCCO2)cn1. The van der Waals surface area contributed by atoms with E-state index in [1.54, 1.807) is 17.3 Å². The number of ether oxygens (including phenoxy) is 2. The fourth-order valence-electron chi connectivity index (χ4n) is 2.93. The number of rotatable bonds is 8. The zero-order chi connectivity index (χ0) is 18.2. The highest BCUT2D eigenvalue weighted by Crippen LogP contribution is 2.15. The summed E-state index contributed by atoms with van der Waals surface area (Å²) in [5.41, 5.74) is 0.500. The van der Waals surface area contributed by atoms with Crippen LogP contribution in [-0.2, 0) is 11.2 Å². The summed E-state index contributed by atoms with van der Waals surface area (Å²) < 4.78 is 11.5. The molecule has 1 aromatic carbocycles. The lowest BCUT2D eigenvalue weighted by Crippen LogP contribution is -2.40. The van der Waals surface area contributed by atoms with E-state index >= 15 is 0 Å². The monoisotopic (exact) mass is 355 g/mol. The number of aryl methyl sites for hydroxylation is 1. The van der Waals surface area contributed by atoms with Gasteiger partial charge < -0.3 is 14.4 Å². The highest BCUT2D eigenvalue weighted by molar-refractivity contribution is 5.93. The highest BCUT2D eigenvalue weighted by Gasteiger charge is 2.24. The maximum absolute atomic E-state index is 12.9. The van der Waals surface area contributed by atoms with E-state index < -0.39 is 0 Å². The molecule has 1 saturated heterocycles. The van der Waals surface area contributed by atoms with Gasteiger partial charge in [-0.2, -0.15) is 0 Å². The molecule has 0 aliphatic carbocycles. The van der Waals surface area contributed by atoms with E-state index in [-0.39, 0.29) is 12.0 Å². The fourth-order valence-corrected chi connectivity index (χ4v) is 2.93. The first-order valence-corrected chi connectivity index (χ1v) is 9.16. The Balaban J connectivity index is 1.63. The van der Waals surface area contributed by atoms with Crippen molar-refractivity contribution in [1.82, 2.24) is 14.9 Å². The van der Waals surface area contributed by atoms with Crippen molar-refractivity contribution in [2.75, 3.05) is 26.3 Å². The van der Waals surface area contributed by atoms with Crippen LogP contribution in [0, 0.1) is 0 Å². The molecule has 0 N–H and O–H groups in total. The molecule has 1 aliphatic heterocycles. The van der Waals surface area contributed by atoms with Gasteiger partial charge in [-0.1, -0.05) is 25.1 Å². The molecule has 0 saturated carbocycles. The van der Waals surface area contributed by atoms with Crippen molar-refractivity contribution in [1.29, 1.82) is 0 Å². The summed E-state index contributed by atoms with van der Waals surface area (Å²) in [5, 5.41) is 0. The molecule has 2 aromatic rings. The molecule has 26 heavy (non-hydrogen) atoms. The van der Waals surface area contributed by atoms with Crippen molar-refractivity contribution in [3.8, 4) is 5.75 Å². The average molecular weight is 355 g/mol. The van der Waals surface area contributed by atoms with E-state index in [1.165, 1.54) is 0 Å². The van der Waals surface area contributed by atoms with Crippen LogP contribution in [0.15, 0.2) is 42.7 Å². The highest BCUT2D eigenvalue weighted by atomic mass is 16.5. The summed E-state index contributed by atoms with van der Waals surface area (Å²) in [6, 6.07) is 9.61. The number of carbonyl (C=O) groups excluding carboxylic acids is 1. The van der Waals surface area contributed by atoms with E-state index in [9.17, 15) is 4.79 Å². The summed E-state index contributed by atoms with van der Waals surface area (Å²) in [4.78, 5) is 23.2. The first-order valence-electron chi connectivity index (χ1n) is 9.16. The van der Waals surface area contributed by atoms with Crippen LogP contribution in [0.25, 0.3) is 0 Å². The number of benzene rings is 1. The van der Waals surface area contributed by atoms with Crippen molar-refractivity contribution >= 4 is 5.91 Å². The average Bonchev–Trinajstić information content (AvgIpc) is 3.21. The first-order chi connectivity index (χ1) is 12.8. The molecule has 3 rings (SSSR count). The van der Waals surface area contributed by atoms with Gasteiger partial charge in [-0.05, 0) is 25.0 Å². The van der Waals surface area contributed by atoms with Gasteiger partial charge in [0.15, 0.2) is 0 Å². The normalized spacial score (nSPS) is 16.4. The molecule has 1 amide bonds. The summed E-state index contributed by atoms with van der Waals surface area (Å²) >= 11 is 0. The van der Waals surface area contributed by atoms with E-state index in [0.717, 1.165) is 37.4 Å². The Morgan fingerprint density at radius 1 is 1.27 bits per heavy atom. The minimum absolute atomic E-state index is 0.0835. The molecular weight excluding hydrogens is 330 g/mol. The Labute approximate surface area is 154 Å². The first kappa shape index (κ1) is 18.3. The van der Waals surface area contributed by atoms with Gasteiger partial charge >= 0.3 is 0 Å². The van der Waals surface area contributed by atoms with E-state index in [1.807, 2.05) is 37.3 Å². The molecular formula is C20H25N3O3. The van der Waals surface area contributed by atoms with E-state index in [2.05, 4.69) is 9.97 Å². The number of hydrogen-bond acceptors (Lipinski definition) is 5. The maximum atomic E-state index is 12.9. The Morgan fingerprint density at radius 2 is 2.04 bits per heavy atom. The van der Waals surface area contributed by atoms with Gasteiger partial charge in [0.05, 0.1) is 18.2 Å². The molecule has 1 aliphatic rings. The lowest BCUT2D eigenvalue weighted by Gasteiger charge is -2.25. The summed E-state index contributed by atoms with van der Waals surface area (Å²) in [6.07, 6.45) is 6.07. The number of carbonyl (C=O) groups is 1. The van der Waals surface area contributed by atoms with E-state index in [4.69, 9.17) is 9.47 Å². The molecule has 0 spiro atoms. The largest absolute Gasteiger partial charge is 0.492 e. The van der Waals surface area contributed by atoms with Gasteiger partial charge in [-0.25, -0.2) is 9.97 Å². The van der Waals surface area contributed by atoms with Crippen LogP contribution in [0.4, 0.5) is 0 Å². The second-order valence-corrected chi connectivity index (χ2v) is 6.29. The summed E-state index contributed by atoms with van der Waals surface area (Å²) in [6.45, 7) is 4.23. The molecule has 1 aromatic heterocycles. The second kappa shape index (κ2) is 9.29. The minimum atomic E-state index is -0.0835. The number of nitrogens with zero attached hydrogens (tertiary/aromatic N) is 3. The van der Waals surface area contributed by atoms with Crippen molar-refractivity contribution < 1.29 is 14.3 Å². The third-order valence-electron chi connectivity index (χ3n) is 4.38. The van der Waals surface area contributed by atoms with Crippen LogP contribution in [0.5, 0.6) is 5.75 Å². The van der Waals surface area contributed by atoms with Gasteiger partial charge in [0, 0.05) is 32.0 Å². The Bertz CT molecular complexity index is 685. The Morgan fingerprint density at radius 3 is 2.69 bits per heavy atom. The quantitative estimate of drug-likeness (QED) is 0.728. The molecule has 1 atom stereocenters. The van der Waals surface area contributed by atoms with Crippen molar-refractivity contribution in [3.63, 3.8) is 0 Å². The number of hydrogen-bond donors (Lipinski definition) is 0. The predicted octanol–water partition coefficient (Wildman–Crippen LogP) is 2.74. The van der Waals surface area contributed by atoms with Crippen molar-refractivity contribution in [2.45, 2.75) is 32.3 Å². The summed E-state index contributed by atoms with van der Waals surface area (Å²) in [7, 11) is 0. The van der Waals surface area contributed by atoms with Crippen molar-refractivity contribution in [3.05, 3.63) is 54.1 Å². The minimum Gasteiger partial charge on any atom is -0.492 e. The molecule has 0 unspecified atom stereocenters. The van der Waals surface area contributed by atoms with Crippen LogP contribution in [0.3, 0.4) is 0 Å². The van der Waals surface area contributed by atoms with Gasteiger partial charge in [-0.15, -0.1) is 0 Å². The maximum Gasteiger partial charge on any atom is 0.257 e. The molecule has 2 heterocycles. The van der Waals surface area contributed by atoms with Crippen LogP contribution >= 0.6 is 0 Å². The number of amides is 1. The molecule has 0 bridgehead atoms. The number of para-hydroxylation sites is 1. The smallest absolute Gasteiger partial charge is 0.257 e. The third kappa shape index (κ3) is 5.02. The van der Waals surface area contributed by atoms with Crippen LogP contribution in [0.2, 0.25) is 0 Å². The van der Waals surface area contributed by atoms with E-state index in [0.29, 0.717) is 25.3 Å². The standard InChI is InChI=1S/C20H25N3O3/c1-2-19-21-13-16(14-22-19)20(24)23(15-18-9-6-11-25-18)10-12-26-17-7-4-3-5-8-17/h3-5,7-8,13-14,18H,2,6,9-12,15H2,1H3/t18-/m1/s1. The summed E-state index contributed by atoms with van der Waals surface area (Å²) in [5.74, 6) is 1.45. The molecule has 1 fully saturated rings. The van der Waals surface area contributed by atoms with Crippen LogP contribution < -0.4 is 4.74 Å².